The van der Waals surface area contributed by atoms with Crippen molar-refractivity contribution in [3.8, 4) is 0 Å². The highest BCUT2D eigenvalue weighted by atomic mass is 35.5. The highest BCUT2D eigenvalue weighted by molar-refractivity contribution is 6.30. The summed E-state index contributed by atoms with van der Waals surface area (Å²) in [6.07, 6.45) is 1.20. The lowest BCUT2D eigenvalue weighted by Gasteiger charge is -2.39. The van der Waals surface area contributed by atoms with Gasteiger partial charge >= 0.3 is 0 Å². The van der Waals surface area contributed by atoms with Gasteiger partial charge in [0.25, 0.3) is 5.91 Å². The first-order chi connectivity index (χ1) is 12.4. The predicted octanol–water partition coefficient (Wildman–Crippen LogP) is 1.92. The van der Waals surface area contributed by atoms with Crippen LogP contribution in [0.5, 0.6) is 0 Å². The number of carbonyl (C=O) groups excluding carboxylic acids is 2. The molecule has 1 N–H and O–H groups in total. The molecule has 2 aromatic rings. The number of benzene rings is 1. The van der Waals surface area contributed by atoms with Crippen LogP contribution in [0.2, 0.25) is 5.02 Å². The number of halogens is 2. The highest BCUT2D eigenvalue weighted by Crippen LogP contribution is 2.25. The summed E-state index contributed by atoms with van der Waals surface area (Å²) in [4.78, 5) is 31.4. The van der Waals surface area contributed by atoms with E-state index in [1.54, 1.807) is 0 Å². The molecule has 1 fully saturated rings. The van der Waals surface area contributed by atoms with Crippen molar-refractivity contribution in [2.45, 2.75) is 19.5 Å². The number of nitrogens with zero attached hydrogens (tertiary/aromatic N) is 3. The van der Waals surface area contributed by atoms with Crippen LogP contribution in [0.25, 0.3) is 0 Å². The molecule has 0 spiro atoms. The molecule has 1 saturated heterocycles. The van der Waals surface area contributed by atoms with Gasteiger partial charge < -0.3 is 10.0 Å². The molecule has 1 aliphatic rings. The average molecular weight is 378 g/mol. The summed E-state index contributed by atoms with van der Waals surface area (Å²) in [7, 11) is 0. The Morgan fingerprint density at radius 3 is 2.62 bits per heavy atom. The first kappa shape index (κ1) is 18.3. The van der Waals surface area contributed by atoms with E-state index in [-0.39, 0.29) is 23.9 Å². The third-order valence-corrected chi connectivity index (χ3v) is 4.44. The van der Waals surface area contributed by atoms with E-state index in [9.17, 15) is 19.1 Å². The third kappa shape index (κ3) is 3.54. The zero-order valence-electron chi connectivity index (χ0n) is 14.0. The van der Waals surface area contributed by atoms with Crippen LogP contribution in [0.4, 0.5) is 10.2 Å². The second-order valence-electron chi connectivity index (χ2n) is 6.09. The van der Waals surface area contributed by atoms with Crippen LogP contribution >= 0.6 is 11.6 Å². The van der Waals surface area contributed by atoms with Gasteiger partial charge in [-0.25, -0.2) is 9.37 Å². The van der Waals surface area contributed by atoms with E-state index in [2.05, 4.69) is 4.98 Å². The van der Waals surface area contributed by atoms with Crippen LogP contribution in [-0.4, -0.2) is 46.0 Å². The molecule has 8 heteroatoms. The van der Waals surface area contributed by atoms with Crippen LogP contribution in [0, 0.1) is 12.7 Å². The Labute approximate surface area is 154 Å². The summed E-state index contributed by atoms with van der Waals surface area (Å²) < 4.78 is 14.1. The lowest BCUT2D eigenvalue weighted by atomic mass is 10.1. The quantitative estimate of drug-likeness (QED) is 0.883. The minimum atomic E-state index is -1.10. The largest absolute Gasteiger partial charge is 0.394 e. The normalized spacial score (nSPS) is 17.8. The molecular weight excluding hydrogens is 361 g/mol. The number of piperazine rings is 1. The number of aliphatic hydroxyl groups is 1. The van der Waals surface area contributed by atoms with E-state index in [4.69, 9.17) is 11.6 Å². The van der Waals surface area contributed by atoms with Crippen molar-refractivity contribution in [1.29, 1.82) is 0 Å². The van der Waals surface area contributed by atoms with E-state index in [1.807, 2.05) is 31.2 Å². The first-order valence-corrected chi connectivity index (χ1v) is 8.37. The Morgan fingerprint density at radius 1 is 1.31 bits per heavy atom. The number of aromatic nitrogens is 1. The van der Waals surface area contributed by atoms with Crippen molar-refractivity contribution in [2.24, 2.45) is 0 Å². The first-order valence-electron chi connectivity index (χ1n) is 7.99. The van der Waals surface area contributed by atoms with E-state index in [1.165, 1.54) is 11.1 Å². The SMILES string of the molecule is Cc1ccc(CN2C(=O)CN(c3ncc(Cl)cc3F)C(=O)[C@H]2CO)cc1. The number of anilines is 1. The Bertz CT molecular complexity index is 844. The minimum absolute atomic E-state index is 0.0849. The molecule has 0 aliphatic carbocycles. The summed E-state index contributed by atoms with van der Waals surface area (Å²) in [5, 5.41) is 9.76. The standard InChI is InChI=1S/C18H17ClFN3O3/c1-11-2-4-12(5-3-11)8-22-15(10-24)18(26)23(9-16(22)25)17-14(20)6-13(19)7-21-17/h2-7,15,24H,8-10H2,1H3/t15-/m1/s1. The molecule has 2 heterocycles. The number of pyridine rings is 1. The third-order valence-electron chi connectivity index (χ3n) is 4.23. The molecule has 6 nitrogen and oxygen atoms in total. The second-order valence-corrected chi connectivity index (χ2v) is 6.53. The van der Waals surface area contributed by atoms with E-state index < -0.39 is 30.3 Å². The van der Waals surface area contributed by atoms with E-state index >= 15 is 0 Å². The zero-order valence-corrected chi connectivity index (χ0v) is 14.8. The smallest absolute Gasteiger partial charge is 0.253 e. The van der Waals surface area contributed by atoms with Crippen molar-refractivity contribution in [1.82, 2.24) is 9.88 Å². The van der Waals surface area contributed by atoms with Crippen LogP contribution in [0.15, 0.2) is 36.5 Å². The van der Waals surface area contributed by atoms with Gasteiger partial charge in [-0.1, -0.05) is 41.4 Å². The number of aryl methyl sites for hydroxylation is 1. The number of rotatable bonds is 4. The molecule has 26 heavy (non-hydrogen) atoms. The Hall–Kier alpha value is -2.51. The molecule has 0 unspecified atom stereocenters. The van der Waals surface area contributed by atoms with Crippen molar-refractivity contribution in [2.75, 3.05) is 18.1 Å². The summed E-state index contributed by atoms with van der Waals surface area (Å²) >= 11 is 5.68. The minimum Gasteiger partial charge on any atom is -0.394 e. The fourth-order valence-electron chi connectivity index (χ4n) is 2.84. The van der Waals surface area contributed by atoms with Crippen molar-refractivity contribution in [3.05, 3.63) is 58.5 Å². The maximum Gasteiger partial charge on any atom is 0.253 e. The van der Waals surface area contributed by atoms with Gasteiger partial charge in [-0.3, -0.25) is 14.5 Å². The highest BCUT2D eigenvalue weighted by Gasteiger charge is 2.40. The van der Waals surface area contributed by atoms with Crippen LogP contribution in [-0.2, 0) is 16.1 Å². The van der Waals surface area contributed by atoms with Crippen LogP contribution in [0.1, 0.15) is 11.1 Å². The summed E-state index contributed by atoms with van der Waals surface area (Å²) in [5.41, 5.74) is 1.91. The van der Waals surface area contributed by atoms with Crippen molar-refractivity contribution < 1.29 is 19.1 Å². The van der Waals surface area contributed by atoms with Crippen molar-refractivity contribution in [3.63, 3.8) is 0 Å². The molecule has 1 aromatic heterocycles. The zero-order chi connectivity index (χ0) is 18.8. The number of amides is 2. The fourth-order valence-corrected chi connectivity index (χ4v) is 2.99. The van der Waals surface area contributed by atoms with Gasteiger partial charge in [0.1, 0.15) is 12.6 Å². The lowest BCUT2D eigenvalue weighted by Crippen LogP contribution is -2.61. The average Bonchev–Trinajstić information content (AvgIpc) is 2.60. The summed E-state index contributed by atoms with van der Waals surface area (Å²) in [5.74, 6) is -2.07. The molecular formula is C18H17ClFN3O3. The number of hydrogen-bond acceptors (Lipinski definition) is 4. The molecule has 136 valence electrons. The maximum absolute atomic E-state index is 14.1. The Balaban J connectivity index is 1.87. The Morgan fingerprint density at radius 2 is 2.00 bits per heavy atom. The topological polar surface area (TPSA) is 73.7 Å². The van der Waals surface area contributed by atoms with Gasteiger partial charge in [-0.15, -0.1) is 0 Å². The van der Waals surface area contributed by atoms with Crippen LogP contribution in [0.3, 0.4) is 0 Å². The monoisotopic (exact) mass is 377 g/mol. The molecule has 1 aliphatic heterocycles. The maximum atomic E-state index is 14.1. The van der Waals surface area contributed by atoms with Gasteiger partial charge in [0, 0.05) is 12.7 Å². The Kier molecular flexibility index (Phi) is 5.20. The summed E-state index contributed by atoms with van der Waals surface area (Å²) in [6.45, 7) is 1.21. The molecule has 0 saturated carbocycles. The number of aliphatic hydroxyl groups excluding tert-OH is 1. The van der Waals surface area contributed by atoms with Gasteiger partial charge in [-0.2, -0.15) is 0 Å². The summed E-state index contributed by atoms with van der Waals surface area (Å²) in [6, 6.07) is 7.43. The number of carbonyl (C=O) groups is 2. The number of hydrogen-bond donors (Lipinski definition) is 1. The van der Waals surface area contributed by atoms with Gasteiger partial charge in [0.15, 0.2) is 11.6 Å². The molecule has 0 radical (unpaired) electrons. The fraction of sp³-hybridized carbons (Fsp3) is 0.278. The molecule has 1 aromatic carbocycles. The van der Waals surface area contributed by atoms with E-state index in [0.717, 1.165) is 22.1 Å². The molecule has 0 bridgehead atoms. The molecule has 1 atom stereocenters. The second kappa shape index (κ2) is 7.39. The van der Waals surface area contributed by atoms with E-state index in [0.29, 0.717) is 0 Å². The predicted molar refractivity (Wildman–Crippen MR) is 94.2 cm³/mol. The van der Waals surface area contributed by atoms with Gasteiger partial charge in [0.2, 0.25) is 5.91 Å². The van der Waals surface area contributed by atoms with Gasteiger partial charge in [0.05, 0.1) is 11.6 Å². The molecule has 3 rings (SSSR count). The molecule has 2 amide bonds. The van der Waals surface area contributed by atoms with Gasteiger partial charge in [-0.05, 0) is 18.6 Å². The lowest BCUT2D eigenvalue weighted by molar-refractivity contribution is -0.145. The van der Waals surface area contributed by atoms with Crippen molar-refractivity contribution >= 4 is 29.2 Å². The van der Waals surface area contributed by atoms with Crippen LogP contribution < -0.4 is 4.90 Å².